The lowest BCUT2D eigenvalue weighted by atomic mass is 9.96. The molecule has 4 aliphatic heterocycles. The third-order valence-electron chi connectivity index (χ3n) is 10.0. The normalized spacial score (nSPS) is 23.1. The van der Waals surface area contributed by atoms with E-state index in [4.69, 9.17) is 30.6 Å². The van der Waals surface area contributed by atoms with Crippen LogP contribution in [0.25, 0.3) is 32.9 Å². The molecule has 252 valence electrons. The zero-order valence-corrected chi connectivity index (χ0v) is 26.9. The van der Waals surface area contributed by atoms with Crippen molar-refractivity contribution < 1.29 is 32.9 Å². The molecule has 6 heterocycles. The molecule has 1 amide bonds. The number of aromatic nitrogens is 3. The molecule has 49 heavy (non-hydrogen) atoms. The number of terminal acetylenes is 1. The summed E-state index contributed by atoms with van der Waals surface area (Å²) in [6, 6.07) is 6.81. The first kappa shape index (κ1) is 31.2. The Morgan fingerprint density at radius 1 is 1.14 bits per heavy atom. The highest BCUT2D eigenvalue weighted by molar-refractivity contribution is 6.03. The van der Waals surface area contributed by atoms with Crippen molar-refractivity contribution in [1.29, 1.82) is 0 Å². The van der Waals surface area contributed by atoms with E-state index in [1.807, 2.05) is 11.8 Å². The average molecular weight is 669 g/mol. The second-order valence-corrected chi connectivity index (χ2v) is 13.0. The summed E-state index contributed by atoms with van der Waals surface area (Å²) in [7, 11) is 0. The van der Waals surface area contributed by atoms with Gasteiger partial charge in [-0.05, 0) is 36.8 Å². The number of hydrogen-bond donors (Lipinski definition) is 1. The minimum absolute atomic E-state index is 0.0114. The van der Waals surface area contributed by atoms with Gasteiger partial charge in [0.2, 0.25) is 5.88 Å². The number of rotatable bonds is 6. The van der Waals surface area contributed by atoms with Crippen LogP contribution in [0.5, 0.6) is 11.9 Å². The maximum absolute atomic E-state index is 17.1. The number of morpholine rings is 1. The van der Waals surface area contributed by atoms with E-state index in [1.165, 1.54) is 11.0 Å². The molecule has 13 heteroatoms. The van der Waals surface area contributed by atoms with E-state index >= 15 is 4.39 Å². The van der Waals surface area contributed by atoms with E-state index in [0.29, 0.717) is 55.7 Å². The summed E-state index contributed by atoms with van der Waals surface area (Å²) in [6.45, 7) is 9.90. The third kappa shape index (κ3) is 5.17. The van der Waals surface area contributed by atoms with Gasteiger partial charge in [-0.2, -0.15) is 9.97 Å². The van der Waals surface area contributed by atoms with E-state index < -0.39 is 29.9 Å². The largest absolute Gasteiger partial charge is 0.472 e. The highest BCUT2D eigenvalue weighted by atomic mass is 19.1. The van der Waals surface area contributed by atoms with Crippen LogP contribution in [0, 0.1) is 24.0 Å². The molecule has 11 nitrogen and oxygen atoms in total. The summed E-state index contributed by atoms with van der Waals surface area (Å²) in [4.78, 5) is 32.2. The summed E-state index contributed by atoms with van der Waals surface area (Å²) in [5.41, 5.74) is 0.841. The standard InChI is InChI=1S/C36H34F2N6O5/c1-4-23-25(37)10-8-21-6-5-7-24(27(21)23)30-29(38)31-28-33(41-35(40-31)48-18-19(2)16-42-12-14-47-15-13-42)43-17-22-9-11-26(44(22)36(45)46)32(43)20(3)49-34(28)39-30/h1,5-8,10,20,22,26,32H,2,9,11-18H2,3H3,(H,45,46). The number of hydrogen-bond acceptors (Lipinski definition) is 9. The highest BCUT2D eigenvalue weighted by Crippen LogP contribution is 2.47. The van der Waals surface area contributed by atoms with Crippen LogP contribution in [0.4, 0.5) is 19.4 Å². The van der Waals surface area contributed by atoms with Crippen LogP contribution in [0.3, 0.4) is 0 Å². The first-order valence-corrected chi connectivity index (χ1v) is 16.4. The summed E-state index contributed by atoms with van der Waals surface area (Å²) < 4.78 is 50.1. The summed E-state index contributed by atoms with van der Waals surface area (Å²) >= 11 is 0. The van der Waals surface area contributed by atoms with Gasteiger partial charge < -0.3 is 24.2 Å². The fraction of sp³-hybridized carbons (Fsp3) is 0.389. The Hall–Kier alpha value is -5.06. The van der Waals surface area contributed by atoms with Crippen molar-refractivity contribution in [2.75, 3.05) is 50.9 Å². The number of halogens is 2. The molecular weight excluding hydrogens is 634 g/mol. The van der Waals surface area contributed by atoms with Gasteiger partial charge in [-0.25, -0.2) is 18.6 Å². The Balaban J connectivity index is 1.29. The fourth-order valence-corrected chi connectivity index (χ4v) is 7.94. The topological polar surface area (TPSA) is 113 Å². The van der Waals surface area contributed by atoms with Gasteiger partial charge in [-0.1, -0.05) is 36.8 Å². The van der Waals surface area contributed by atoms with Crippen molar-refractivity contribution in [2.24, 2.45) is 0 Å². The zero-order chi connectivity index (χ0) is 34.0. The molecule has 0 spiro atoms. The van der Waals surface area contributed by atoms with Crippen LogP contribution >= 0.6 is 0 Å². The van der Waals surface area contributed by atoms with Gasteiger partial charge >= 0.3 is 12.1 Å². The predicted octanol–water partition coefficient (Wildman–Crippen LogP) is 4.85. The fourth-order valence-electron chi connectivity index (χ4n) is 7.94. The van der Waals surface area contributed by atoms with Gasteiger partial charge in [-0.3, -0.25) is 9.80 Å². The van der Waals surface area contributed by atoms with Crippen molar-refractivity contribution in [3.05, 3.63) is 59.7 Å². The van der Waals surface area contributed by atoms with E-state index in [9.17, 15) is 14.3 Å². The van der Waals surface area contributed by atoms with Crippen LogP contribution in [-0.2, 0) is 4.74 Å². The first-order valence-electron chi connectivity index (χ1n) is 16.4. The average Bonchev–Trinajstić information content (AvgIpc) is 3.35. The number of carboxylic acid groups (broad SMARTS) is 1. The van der Waals surface area contributed by atoms with Crippen molar-refractivity contribution in [3.63, 3.8) is 0 Å². The lowest BCUT2D eigenvalue weighted by Crippen LogP contribution is -2.64. The Bertz CT molecular complexity index is 2060. The van der Waals surface area contributed by atoms with E-state index in [1.54, 1.807) is 24.3 Å². The number of piperazine rings is 1. The lowest BCUT2D eigenvalue weighted by Gasteiger charge is -2.47. The molecule has 1 N–H and O–H groups in total. The number of ether oxygens (including phenoxy) is 3. The van der Waals surface area contributed by atoms with Gasteiger partial charge in [0.05, 0.1) is 36.9 Å². The van der Waals surface area contributed by atoms with Crippen molar-refractivity contribution in [3.8, 4) is 35.5 Å². The van der Waals surface area contributed by atoms with Gasteiger partial charge in [0, 0.05) is 37.1 Å². The van der Waals surface area contributed by atoms with Crippen molar-refractivity contribution >= 4 is 33.6 Å². The van der Waals surface area contributed by atoms with Gasteiger partial charge in [0.15, 0.2) is 5.82 Å². The van der Waals surface area contributed by atoms with Crippen LogP contribution in [0.15, 0.2) is 42.5 Å². The Morgan fingerprint density at radius 3 is 2.73 bits per heavy atom. The zero-order valence-electron chi connectivity index (χ0n) is 26.9. The third-order valence-corrected chi connectivity index (χ3v) is 10.0. The Labute approximate surface area is 281 Å². The molecule has 4 unspecified atom stereocenters. The molecule has 2 aromatic carbocycles. The summed E-state index contributed by atoms with van der Waals surface area (Å²) in [6.07, 6.45) is 5.51. The lowest BCUT2D eigenvalue weighted by molar-refractivity contribution is 0.0414. The molecule has 2 aromatic heterocycles. The first-order chi connectivity index (χ1) is 23.7. The predicted molar refractivity (Wildman–Crippen MR) is 178 cm³/mol. The molecule has 4 aromatic rings. The SMILES string of the molecule is C#Cc1c(F)ccc2cccc(-c3nc4c5c(nc(OCC(=C)CN6CCOCC6)nc5c3F)N3CC5CCC(C3C(C)O4)N5C(=O)O)c12. The maximum Gasteiger partial charge on any atom is 0.407 e. The van der Waals surface area contributed by atoms with Crippen molar-refractivity contribution in [2.45, 2.75) is 44.0 Å². The van der Waals surface area contributed by atoms with Crippen LogP contribution < -0.4 is 14.4 Å². The quantitative estimate of drug-likeness (QED) is 0.226. The Kier molecular flexibility index (Phi) is 7.72. The number of carbonyl (C=O) groups is 1. The maximum atomic E-state index is 17.1. The molecule has 8 rings (SSSR count). The van der Waals surface area contributed by atoms with E-state index in [2.05, 4.69) is 22.4 Å². The molecule has 2 bridgehead atoms. The smallest absolute Gasteiger partial charge is 0.407 e. The minimum Gasteiger partial charge on any atom is -0.472 e. The second kappa shape index (κ2) is 12.1. The molecule has 3 fully saturated rings. The van der Waals surface area contributed by atoms with E-state index in [-0.39, 0.29) is 58.3 Å². The summed E-state index contributed by atoms with van der Waals surface area (Å²) in [5.74, 6) is 1.47. The molecule has 4 atom stereocenters. The number of nitrogens with zero attached hydrogens (tertiary/aromatic N) is 6. The molecule has 0 radical (unpaired) electrons. The molecule has 0 aliphatic carbocycles. The van der Waals surface area contributed by atoms with E-state index in [0.717, 1.165) is 18.7 Å². The van der Waals surface area contributed by atoms with Gasteiger partial charge in [0.1, 0.15) is 40.9 Å². The molecule has 0 saturated carbocycles. The molecular formula is C36H34F2N6O5. The van der Waals surface area contributed by atoms with Crippen LogP contribution in [-0.4, -0.2) is 106 Å². The number of anilines is 1. The van der Waals surface area contributed by atoms with Crippen molar-refractivity contribution in [1.82, 2.24) is 24.8 Å². The number of pyridine rings is 1. The van der Waals surface area contributed by atoms with Crippen LogP contribution in [0.1, 0.15) is 25.3 Å². The monoisotopic (exact) mass is 668 g/mol. The summed E-state index contributed by atoms with van der Waals surface area (Å²) in [5, 5.41) is 11.3. The molecule has 4 aliphatic rings. The second-order valence-electron chi connectivity index (χ2n) is 13.0. The minimum atomic E-state index is -0.990. The van der Waals surface area contributed by atoms with Gasteiger partial charge in [0.25, 0.3) is 0 Å². The Morgan fingerprint density at radius 2 is 1.96 bits per heavy atom. The molecule has 3 saturated heterocycles. The number of benzene rings is 2. The number of amides is 1. The van der Waals surface area contributed by atoms with Crippen LogP contribution in [0.2, 0.25) is 0 Å². The number of fused-ring (bicyclic) bond motifs is 6. The van der Waals surface area contributed by atoms with Gasteiger partial charge in [-0.15, -0.1) is 6.42 Å². The highest BCUT2D eigenvalue weighted by Gasteiger charge is 2.53.